The molecule has 2 heteroatoms. The van der Waals surface area contributed by atoms with Gasteiger partial charge in [0.05, 0.1) is 0 Å². The van der Waals surface area contributed by atoms with Crippen molar-refractivity contribution in [3.8, 4) is 0 Å². The van der Waals surface area contributed by atoms with Gasteiger partial charge in [-0.2, -0.15) is 0 Å². The number of hydrogen-bond acceptors (Lipinski definition) is 2. The molecule has 0 radical (unpaired) electrons. The van der Waals surface area contributed by atoms with Crippen LogP contribution in [0, 0.1) is 0 Å². The van der Waals surface area contributed by atoms with E-state index in [2.05, 4.69) is 30.6 Å². The van der Waals surface area contributed by atoms with Gasteiger partial charge in [-0.3, -0.25) is 0 Å². The zero-order valence-electron chi connectivity index (χ0n) is 10.3. The summed E-state index contributed by atoms with van der Waals surface area (Å²) in [6, 6.07) is 1.25. The van der Waals surface area contributed by atoms with Gasteiger partial charge in [0.25, 0.3) is 0 Å². The van der Waals surface area contributed by atoms with Crippen LogP contribution in [0.15, 0.2) is 12.7 Å². The van der Waals surface area contributed by atoms with Gasteiger partial charge in [-0.05, 0) is 52.7 Å². The number of likely N-dealkylation sites (tertiary alicyclic amines) is 1. The van der Waals surface area contributed by atoms with Crippen LogP contribution in [0.3, 0.4) is 0 Å². The summed E-state index contributed by atoms with van der Waals surface area (Å²) in [5.74, 6) is 0. The Hall–Kier alpha value is -0.340. The molecule has 0 saturated carbocycles. The third-order valence-corrected chi connectivity index (χ3v) is 3.38. The first-order valence-corrected chi connectivity index (χ1v) is 6.34. The summed E-state index contributed by atoms with van der Waals surface area (Å²) >= 11 is 0. The van der Waals surface area contributed by atoms with Gasteiger partial charge in [0.15, 0.2) is 0 Å². The Kier molecular flexibility index (Phi) is 5.96. The van der Waals surface area contributed by atoms with E-state index in [4.69, 9.17) is 0 Å². The normalized spacial score (nSPS) is 25.1. The van der Waals surface area contributed by atoms with Gasteiger partial charge < -0.3 is 10.2 Å². The van der Waals surface area contributed by atoms with Crippen molar-refractivity contribution in [3.63, 3.8) is 0 Å². The number of nitrogens with one attached hydrogen (secondary N) is 1. The van der Waals surface area contributed by atoms with Crippen LogP contribution >= 0.6 is 0 Å². The fraction of sp³-hybridized carbons (Fsp3) is 0.846. The zero-order chi connectivity index (χ0) is 11.1. The summed E-state index contributed by atoms with van der Waals surface area (Å²) in [5.41, 5.74) is 0. The highest BCUT2D eigenvalue weighted by molar-refractivity contribution is 4.81. The topological polar surface area (TPSA) is 15.3 Å². The monoisotopic (exact) mass is 210 g/mol. The van der Waals surface area contributed by atoms with Gasteiger partial charge in [-0.25, -0.2) is 0 Å². The van der Waals surface area contributed by atoms with Crippen LogP contribution in [0.5, 0.6) is 0 Å². The van der Waals surface area contributed by atoms with E-state index in [1.807, 2.05) is 6.08 Å². The van der Waals surface area contributed by atoms with Crippen LogP contribution in [-0.2, 0) is 0 Å². The molecule has 0 amide bonds. The molecule has 0 bridgehead atoms. The van der Waals surface area contributed by atoms with E-state index in [1.54, 1.807) is 0 Å². The van der Waals surface area contributed by atoms with Crippen LogP contribution in [0.2, 0.25) is 0 Å². The zero-order valence-corrected chi connectivity index (χ0v) is 10.3. The Balaban J connectivity index is 2.05. The highest BCUT2D eigenvalue weighted by atomic mass is 15.2. The summed E-state index contributed by atoms with van der Waals surface area (Å²) in [7, 11) is 0. The molecule has 88 valence electrons. The first-order chi connectivity index (χ1) is 7.24. The standard InChI is InChI=1S/C13H26N2/c1-4-12(2)14-9-7-11-15-10-6-5-8-13(15)3/h4,12-14H,1,5-11H2,2-3H3. The van der Waals surface area contributed by atoms with E-state index in [9.17, 15) is 0 Å². The quantitative estimate of drug-likeness (QED) is 0.535. The molecule has 1 aliphatic heterocycles. The SMILES string of the molecule is C=CC(C)NCCCN1CCCCC1C. The molecule has 2 atom stereocenters. The minimum Gasteiger partial charge on any atom is -0.311 e. The lowest BCUT2D eigenvalue weighted by Gasteiger charge is -2.33. The Morgan fingerprint density at radius 3 is 3.00 bits per heavy atom. The summed E-state index contributed by atoms with van der Waals surface area (Å²) in [5, 5.41) is 3.44. The minimum atomic E-state index is 0.448. The van der Waals surface area contributed by atoms with Crippen molar-refractivity contribution >= 4 is 0 Å². The minimum absolute atomic E-state index is 0.448. The van der Waals surface area contributed by atoms with Crippen LogP contribution in [0.4, 0.5) is 0 Å². The fourth-order valence-corrected chi connectivity index (χ4v) is 2.19. The molecule has 1 rings (SSSR count). The van der Waals surface area contributed by atoms with Crippen molar-refractivity contribution in [2.24, 2.45) is 0 Å². The first-order valence-electron chi connectivity index (χ1n) is 6.34. The summed E-state index contributed by atoms with van der Waals surface area (Å²) < 4.78 is 0. The second kappa shape index (κ2) is 7.02. The smallest absolute Gasteiger partial charge is 0.0219 e. The molecule has 2 nitrogen and oxygen atoms in total. The molecule has 1 aliphatic rings. The molecule has 0 aliphatic carbocycles. The molecule has 2 unspecified atom stereocenters. The summed E-state index contributed by atoms with van der Waals surface area (Å²) in [4.78, 5) is 2.63. The van der Waals surface area contributed by atoms with Crippen molar-refractivity contribution in [3.05, 3.63) is 12.7 Å². The number of nitrogens with zero attached hydrogens (tertiary/aromatic N) is 1. The van der Waals surface area contributed by atoms with Gasteiger partial charge in [0.1, 0.15) is 0 Å². The van der Waals surface area contributed by atoms with Gasteiger partial charge in [0.2, 0.25) is 0 Å². The van der Waals surface area contributed by atoms with Crippen molar-refractivity contribution in [2.75, 3.05) is 19.6 Å². The maximum Gasteiger partial charge on any atom is 0.0219 e. The average molecular weight is 210 g/mol. The van der Waals surface area contributed by atoms with E-state index in [1.165, 1.54) is 38.8 Å². The maximum atomic E-state index is 3.77. The molecular weight excluding hydrogens is 184 g/mol. The molecule has 15 heavy (non-hydrogen) atoms. The molecule has 0 aromatic heterocycles. The van der Waals surface area contributed by atoms with Gasteiger partial charge in [-0.15, -0.1) is 6.58 Å². The molecule has 1 N–H and O–H groups in total. The van der Waals surface area contributed by atoms with Crippen molar-refractivity contribution < 1.29 is 0 Å². The van der Waals surface area contributed by atoms with E-state index in [0.717, 1.165) is 12.6 Å². The van der Waals surface area contributed by atoms with Crippen molar-refractivity contribution in [2.45, 2.75) is 51.6 Å². The lowest BCUT2D eigenvalue weighted by molar-refractivity contribution is 0.158. The molecule has 0 spiro atoms. The maximum absolute atomic E-state index is 3.77. The van der Waals surface area contributed by atoms with Crippen molar-refractivity contribution in [1.29, 1.82) is 0 Å². The van der Waals surface area contributed by atoms with Crippen LogP contribution in [0.1, 0.15) is 39.5 Å². The molecule has 0 aromatic rings. The molecule has 1 saturated heterocycles. The largest absolute Gasteiger partial charge is 0.311 e. The number of piperidine rings is 1. The first kappa shape index (κ1) is 12.7. The van der Waals surface area contributed by atoms with E-state index >= 15 is 0 Å². The molecule has 1 fully saturated rings. The Bertz CT molecular complexity index is 179. The Morgan fingerprint density at radius 2 is 2.33 bits per heavy atom. The van der Waals surface area contributed by atoms with Crippen LogP contribution in [-0.4, -0.2) is 36.6 Å². The van der Waals surface area contributed by atoms with Gasteiger partial charge in [0, 0.05) is 12.1 Å². The lowest BCUT2D eigenvalue weighted by atomic mass is 10.0. The van der Waals surface area contributed by atoms with Gasteiger partial charge in [-0.1, -0.05) is 12.5 Å². The van der Waals surface area contributed by atoms with Crippen molar-refractivity contribution in [1.82, 2.24) is 10.2 Å². The second-order valence-corrected chi connectivity index (χ2v) is 4.71. The summed E-state index contributed by atoms with van der Waals surface area (Å²) in [6.07, 6.45) is 7.41. The third-order valence-electron chi connectivity index (χ3n) is 3.38. The molecular formula is C13H26N2. The molecule has 1 heterocycles. The predicted octanol–water partition coefficient (Wildman–Crippen LogP) is 2.42. The van der Waals surface area contributed by atoms with E-state index in [-0.39, 0.29) is 0 Å². The average Bonchev–Trinajstić information content (AvgIpc) is 2.26. The van der Waals surface area contributed by atoms with E-state index < -0.39 is 0 Å². The second-order valence-electron chi connectivity index (χ2n) is 4.71. The van der Waals surface area contributed by atoms with Crippen LogP contribution < -0.4 is 5.32 Å². The molecule has 0 aromatic carbocycles. The highest BCUT2D eigenvalue weighted by Crippen LogP contribution is 2.15. The number of rotatable bonds is 6. The van der Waals surface area contributed by atoms with E-state index in [0.29, 0.717) is 6.04 Å². The summed E-state index contributed by atoms with van der Waals surface area (Å²) in [6.45, 7) is 11.9. The fourth-order valence-electron chi connectivity index (χ4n) is 2.19. The lowest BCUT2D eigenvalue weighted by Crippen LogP contribution is -2.39. The highest BCUT2D eigenvalue weighted by Gasteiger charge is 2.16. The predicted molar refractivity (Wildman–Crippen MR) is 67.2 cm³/mol. The Morgan fingerprint density at radius 1 is 1.53 bits per heavy atom. The number of hydrogen-bond donors (Lipinski definition) is 1. The third kappa shape index (κ3) is 4.80. The Labute approximate surface area is 94.7 Å². The van der Waals surface area contributed by atoms with Gasteiger partial charge >= 0.3 is 0 Å². The van der Waals surface area contributed by atoms with Crippen LogP contribution in [0.25, 0.3) is 0 Å².